The van der Waals surface area contributed by atoms with E-state index in [1.807, 2.05) is 0 Å². The zero-order chi connectivity index (χ0) is 39.8. The van der Waals surface area contributed by atoms with Gasteiger partial charge in [0.15, 0.2) is 0 Å². The van der Waals surface area contributed by atoms with Crippen molar-refractivity contribution < 1.29 is 0 Å². The number of aromatic nitrogens is 3. The van der Waals surface area contributed by atoms with Crippen molar-refractivity contribution >= 4 is 65.0 Å². The first-order valence-electron chi connectivity index (χ1n) is 20.8. The van der Waals surface area contributed by atoms with E-state index in [1.165, 1.54) is 66.6 Å². The van der Waals surface area contributed by atoms with E-state index < -0.39 is 0 Å². The second kappa shape index (κ2) is 13.5. The van der Waals surface area contributed by atoms with Crippen molar-refractivity contribution in [2.45, 2.75) is 39.5 Å². The van der Waals surface area contributed by atoms with Crippen LogP contribution in [0.5, 0.6) is 0 Å². The Morgan fingerprint density at radius 3 is 1.88 bits per heavy atom. The Kier molecular flexibility index (Phi) is 8.03. The van der Waals surface area contributed by atoms with Crippen molar-refractivity contribution in [3.8, 4) is 39.5 Å². The molecule has 0 spiro atoms. The normalized spacial score (nSPS) is 12.9. The molecule has 0 bridgehead atoms. The van der Waals surface area contributed by atoms with E-state index in [2.05, 4.69) is 208 Å². The van der Waals surface area contributed by atoms with Crippen LogP contribution in [0.3, 0.4) is 0 Å². The van der Waals surface area contributed by atoms with Crippen molar-refractivity contribution in [3.05, 3.63) is 187 Å². The molecule has 0 unspecified atom stereocenters. The highest BCUT2D eigenvalue weighted by Gasteiger charge is 2.37. The number of fused-ring (bicyclic) bond motifs is 13. The number of hydrogen-bond acceptors (Lipinski definition) is 2. The third-order valence-electron chi connectivity index (χ3n) is 12.4. The summed E-state index contributed by atoms with van der Waals surface area (Å²) < 4.78 is 2.33. The monoisotopic (exact) mass is 757 g/mol. The third-order valence-corrected chi connectivity index (χ3v) is 12.4. The predicted octanol–water partition coefficient (Wildman–Crippen LogP) is 15.2. The maximum Gasteiger partial charge on any atom is 0.235 e. The van der Waals surface area contributed by atoms with E-state index in [-0.39, 0.29) is 5.41 Å². The van der Waals surface area contributed by atoms with Gasteiger partial charge in [-0.3, -0.25) is 4.57 Å². The third kappa shape index (κ3) is 5.27. The molecule has 2 aromatic heterocycles. The zero-order valence-electron chi connectivity index (χ0n) is 33.8. The number of rotatable bonds is 3. The van der Waals surface area contributed by atoms with Crippen LogP contribution in [0, 0.1) is 0 Å². The first-order valence-corrected chi connectivity index (χ1v) is 20.8. The Morgan fingerprint density at radius 1 is 0.475 bits per heavy atom. The Bertz CT molecular complexity index is 3460. The van der Waals surface area contributed by atoms with E-state index in [9.17, 15) is 0 Å². The quantitative estimate of drug-likeness (QED) is 0.168. The molecular weight excluding hydrogens is 715 g/mol. The second-order valence-electron chi connectivity index (χ2n) is 16.4. The topological polar surface area (TPSA) is 30.7 Å². The highest BCUT2D eigenvalue weighted by molar-refractivity contribution is 6.23. The predicted molar refractivity (Wildman–Crippen MR) is 251 cm³/mol. The zero-order valence-corrected chi connectivity index (χ0v) is 33.8. The van der Waals surface area contributed by atoms with Crippen LogP contribution in [-0.2, 0) is 5.41 Å². The van der Waals surface area contributed by atoms with Gasteiger partial charge >= 0.3 is 0 Å². The average Bonchev–Trinajstić information content (AvgIpc) is 3.75. The van der Waals surface area contributed by atoms with Crippen LogP contribution in [0.25, 0.3) is 104 Å². The van der Waals surface area contributed by atoms with Crippen molar-refractivity contribution in [2.24, 2.45) is 0 Å². The molecule has 1 aliphatic rings. The fourth-order valence-corrected chi connectivity index (χ4v) is 9.72. The molecule has 2 heterocycles. The van der Waals surface area contributed by atoms with Crippen molar-refractivity contribution in [3.63, 3.8) is 0 Å². The lowest BCUT2D eigenvalue weighted by Crippen LogP contribution is -2.15. The van der Waals surface area contributed by atoms with Crippen LogP contribution in [-0.4, -0.2) is 14.5 Å². The fraction of sp³-hybridized carbons (Fsp3) is 0.107. The summed E-state index contributed by atoms with van der Waals surface area (Å²) >= 11 is 0. The van der Waals surface area contributed by atoms with Gasteiger partial charge in [0.1, 0.15) is 0 Å². The van der Waals surface area contributed by atoms with Gasteiger partial charge < -0.3 is 0 Å². The lowest BCUT2D eigenvalue weighted by molar-refractivity contribution is 0.661. The summed E-state index contributed by atoms with van der Waals surface area (Å²) in [5, 5.41) is 10.7. The Hall–Kier alpha value is -7.10. The maximum absolute atomic E-state index is 5.54. The average molecular weight is 758 g/mol. The summed E-state index contributed by atoms with van der Waals surface area (Å²) in [5.41, 5.74) is 12.7. The largest absolute Gasteiger partial charge is 0.277 e. The first-order chi connectivity index (χ1) is 29.0. The summed E-state index contributed by atoms with van der Waals surface area (Å²) in [6, 6.07) is 64.0. The number of nitrogens with zero attached hydrogens (tertiary/aromatic N) is 3. The summed E-state index contributed by atoms with van der Waals surface area (Å²) in [7, 11) is 0. The molecule has 9 aromatic carbocycles. The summed E-state index contributed by atoms with van der Waals surface area (Å²) in [6.45, 7) is 9.00. The highest BCUT2D eigenvalue weighted by atomic mass is 15.2. The van der Waals surface area contributed by atoms with Gasteiger partial charge in [0.25, 0.3) is 0 Å². The Morgan fingerprint density at radius 2 is 1.10 bits per heavy atom. The van der Waals surface area contributed by atoms with Gasteiger partial charge in [0, 0.05) is 38.1 Å². The SMILES string of the molecule is CC1(C)c2cc(-c3cccc4c5c6ccccc6ccc5n(-c5nc(-c6ccccc6)c6ccc7ccccc7c6n5)c34)ccc2-c2c1ccc1ccccc21.CCC. The lowest BCUT2D eigenvalue weighted by atomic mass is 9.81. The molecule has 11 aromatic rings. The van der Waals surface area contributed by atoms with E-state index in [0.29, 0.717) is 5.95 Å². The molecule has 3 heteroatoms. The Balaban J connectivity index is 0.00000129. The summed E-state index contributed by atoms with van der Waals surface area (Å²) in [4.78, 5) is 11.1. The minimum atomic E-state index is -0.158. The maximum atomic E-state index is 5.54. The Labute approximate surface area is 344 Å². The van der Waals surface area contributed by atoms with Crippen LogP contribution >= 0.6 is 0 Å². The van der Waals surface area contributed by atoms with Crippen LogP contribution in [0.1, 0.15) is 45.2 Å². The summed E-state index contributed by atoms with van der Waals surface area (Å²) in [5.74, 6) is 0.663. The molecule has 12 rings (SSSR count). The molecular formula is C56H43N3. The van der Waals surface area contributed by atoms with Gasteiger partial charge in [-0.25, -0.2) is 9.97 Å². The summed E-state index contributed by atoms with van der Waals surface area (Å²) in [6.07, 6.45) is 1.25. The highest BCUT2D eigenvalue weighted by Crippen LogP contribution is 2.53. The van der Waals surface area contributed by atoms with Gasteiger partial charge in [-0.2, -0.15) is 0 Å². The molecule has 0 fully saturated rings. The number of para-hydroxylation sites is 1. The molecule has 0 amide bonds. The van der Waals surface area contributed by atoms with E-state index >= 15 is 0 Å². The van der Waals surface area contributed by atoms with Crippen molar-refractivity contribution in [1.82, 2.24) is 14.5 Å². The fourth-order valence-electron chi connectivity index (χ4n) is 9.72. The molecule has 0 saturated carbocycles. The van der Waals surface area contributed by atoms with Crippen LogP contribution in [0.15, 0.2) is 176 Å². The van der Waals surface area contributed by atoms with Crippen LogP contribution in [0.4, 0.5) is 0 Å². The first kappa shape index (κ1) is 35.1. The van der Waals surface area contributed by atoms with Gasteiger partial charge in [-0.1, -0.05) is 192 Å². The van der Waals surface area contributed by atoms with Gasteiger partial charge in [-0.05, 0) is 72.9 Å². The molecule has 0 N–H and O–H groups in total. The van der Waals surface area contributed by atoms with Crippen molar-refractivity contribution in [2.75, 3.05) is 0 Å². The smallest absolute Gasteiger partial charge is 0.235 e. The van der Waals surface area contributed by atoms with Gasteiger partial charge in [0.05, 0.1) is 22.2 Å². The molecule has 0 aliphatic heterocycles. The molecule has 0 saturated heterocycles. The minimum absolute atomic E-state index is 0.158. The molecule has 0 radical (unpaired) electrons. The van der Waals surface area contributed by atoms with E-state index in [4.69, 9.17) is 9.97 Å². The standard InChI is InChI=1S/C53H35N3.C3H8/c1-53(2)44-29-25-32-13-6-9-18-37(32)47(44)41-27-24-36(31-45(41)53)40-21-12-22-42-48-38-19-10-7-14-33(38)26-30-46(48)56(51(40)42)52-54-49(35-16-4-3-5-17-35)43-28-23-34-15-8-11-20-39(34)50(43)55-52;1-3-2/h3-31H,1-2H3;3H2,1-2H3. The lowest BCUT2D eigenvalue weighted by Gasteiger charge is -2.22. The van der Waals surface area contributed by atoms with E-state index in [1.54, 1.807) is 0 Å². The molecule has 3 nitrogen and oxygen atoms in total. The van der Waals surface area contributed by atoms with Gasteiger partial charge in [-0.15, -0.1) is 0 Å². The molecule has 59 heavy (non-hydrogen) atoms. The van der Waals surface area contributed by atoms with Crippen LogP contribution < -0.4 is 0 Å². The van der Waals surface area contributed by atoms with E-state index in [0.717, 1.165) is 49.5 Å². The molecule has 282 valence electrons. The number of hydrogen-bond donors (Lipinski definition) is 0. The molecule has 1 aliphatic carbocycles. The second-order valence-corrected chi connectivity index (χ2v) is 16.4. The molecule has 0 atom stereocenters. The minimum Gasteiger partial charge on any atom is -0.277 e. The van der Waals surface area contributed by atoms with Crippen molar-refractivity contribution in [1.29, 1.82) is 0 Å². The van der Waals surface area contributed by atoms with Gasteiger partial charge in [0.2, 0.25) is 5.95 Å². The number of benzene rings is 9. The van der Waals surface area contributed by atoms with Crippen LogP contribution in [0.2, 0.25) is 0 Å².